The van der Waals surface area contributed by atoms with Crippen LogP contribution in [0.5, 0.6) is 17.2 Å². The topological polar surface area (TPSA) is 109 Å². The van der Waals surface area contributed by atoms with Gasteiger partial charge in [0.15, 0.2) is 17.2 Å². The fourth-order valence-corrected chi connectivity index (χ4v) is 2.55. The first-order valence-corrected chi connectivity index (χ1v) is 7.12. The van der Waals surface area contributed by atoms with Gasteiger partial charge in [0.05, 0.1) is 21.3 Å². The molecule has 0 unspecified atom stereocenters. The van der Waals surface area contributed by atoms with Crippen molar-refractivity contribution in [3.63, 3.8) is 0 Å². The second-order valence-electron chi connectivity index (χ2n) is 5.30. The summed E-state index contributed by atoms with van der Waals surface area (Å²) in [5, 5.41) is 25.2. The summed E-state index contributed by atoms with van der Waals surface area (Å²) in [7, 11) is 4.33. The van der Waals surface area contributed by atoms with Crippen molar-refractivity contribution in [3.05, 3.63) is 27.9 Å². The molecule has 1 heterocycles. The minimum atomic E-state index is -0.315. The van der Waals surface area contributed by atoms with E-state index in [2.05, 4.69) is 5.18 Å². The predicted molar refractivity (Wildman–Crippen MR) is 85.2 cm³/mol. The van der Waals surface area contributed by atoms with Crippen LogP contribution in [-0.2, 0) is 0 Å². The number of nitrogens with zero attached hydrogens (tertiary/aromatic N) is 3. The van der Waals surface area contributed by atoms with Crippen LogP contribution in [0.3, 0.4) is 0 Å². The Morgan fingerprint density at radius 2 is 1.71 bits per heavy atom. The van der Waals surface area contributed by atoms with Crippen LogP contribution in [-0.4, -0.2) is 31.4 Å². The van der Waals surface area contributed by atoms with Gasteiger partial charge < -0.3 is 24.6 Å². The Bertz CT molecular complexity index is 744. The van der Waals surface area contributed by atoms with E-state index in [0.717, 1.165) is 0 Å². The largest absolute Gasteiger partial charge is 0.593 e. The Kier molecular flexibility index (Phi) is 4.82. The van der Waals surface area contributed by atoms with Crippen molar-refractivity contribution < 1.29 is 24.3 Å². The average Bonchev–Trinajstić information content (AvgIpc) is 2.84. The molecule has 1 aromatic carbocycles. The number of methoxy groups -OCH3 is 3. The van der Waals surface area contributed by atoms with Crippen molar-refractivity contribution >= 4 is 5.69 Å². The molecule has 0 fully saturated rings. The van der Waals surface area contributed by atoms with Gasteiger partial charge in [0, 0.05) is 16.3 Å². The lowest BCUT2D eigenvalue weighted by molar-refractivity contribution is -0.731. The molecular weight excluding hydrogens is 318 g/mol. The standard InChI is InChI=1S/C15H19N3O6/c1-8(2)13-12(16-19)14(18(21)17(13)20)9-6-10(22-3)15(24-5)11(7-9)23-4/h6-8,21H,1-5H3. The van der Waals surface area contributed by atoms with E-state index >= 15 is 0 Å². The first-order valence-electron chi connectivity index (χ1n) is 7.12. The van der Waals surface area contributed by atoms with Gasteiger partial charge in [-0.15, -0.1) is 4.91 Å². The highest BCUT2D eigenvalue weighted by molar-refractivity contribution is 5.77. The number of rotatable bonds is 6. The maximum atomic E-state index is 12.2. The third-order valence-corrected chi connectivity index (χ3v) is 3.62. The third-order valence-electron chi connectivity index (χ3n) is 3.62. The van der Waals surface area contributed by atoms with Gasteiger partial charge in [-0.05, 0) is 22.2 Å². The van der Waals surface area contributed by atoms with Crippen molar-refractivity contribution in [1.82, 2.24) is 4.85 Å². The van der Waals surface area contributed by atoms with Crippen LogP contribution < -0.4 is 19.1 Å². The number of hydrogen-bond acceptors (Lipinski definition) is 7. The Hall–Kier alpha value is -2.97. The summed E-state index contributed by atoms with van der Waals surface area (Å²) in [5.41, 5.74) is 0.189. The molecular formula is C15H19N3O6. The fourth-order valence-electron chi connectivity index (χ4n) is 2.55. The van der Waals surface area contributed by atoms with E-state index in [0.29, 0.717) is 27.7 Å². The molecule has 0 aliphatic carbocycles. The summed E-state index contributed by atoms with van der Waals surface area (Å²) in [6.07, 6.45) is 0. The quantitative estimate of drug-likeness (QED) is 0.375. The number of nitroso groups, excluding NO2 is 1. The molecule has 0 atom stereocenters. The van der Waals surface area contributed by atoms with E-state index < -0.39 is 0 Å². The first kappa shape index (κ1) is 17.4. The third kappa shape index (κ3) is 2.57. The summed E-state index contributed by atoms with van der Waals surface area (Å²) >= 11 is 0. The molecule has 24 heavy (non-hydrogen) atoms. The van der Waals surface area contributed by atoms with Gasteiger partial charge in [-0.3, -0.25) is 0 Å². The van der Waals surface area contributed by atoms with E-state index in [9.17, 15) is 15.3 Å². The normalized spacial score (nSPS) is 10.8. The molecule has 0 saturated heterocycles. The lowest BCUT2D eigenvalue weighted by Crippen LogP contribution is -2.40. The van der Waals surface area contributed by atoms with Crippen molar-refractivity contribution in [2.24, 2.45) is 5.18 Å². The molecule has 0 spiro atoms. The van der Waals surface area contributed by atoms with E-state index in [1.165, 1.54) is 33.5 Å². The summed E-state index contributed by atoms with van der Waals surface area (Å²) < 4.78 is 15.7. The molecule has 0 aliphatic rings. The van der Waals surface area contributed by atoms with Crippen molar-refractivity contribution in [2.45, 2.75) is 19.8 Å². The SMILES string of the molecule is COc1cc(-c2c(N=O)c(C(C)C)[n+]([O-])n2O)cc(OC)c1OC. The van der Waals surface area contributed by atoms with Gasteiger partial charge >= 0.3 is 0 Å². The zero-order valence-electron chi connectivity index (χ0n) is 14.1. The highest BCUT2D eigenvalue weighted by Gasteiger charge is 2.33. The molecule has 0 amide bonds. The van der Waals surface area contributed by atoms with Crippen LogP contribution in [0.25, 0.3) is 11.3 Å². The molecule has 0 radical (unpaired) electrons. The molecule has 0 aliphatic heterocycles. The maximum Gasteiger partial charge on any atom is 0.257 e. The Labute approximate surface area is 138 Å². The molecule has 0 bridgehead atoms. The molecule has 130 valence electrons. The van der Waals surface area contributed by atoms with Crippen LogP contribution in [0.1, 0.15) is 25.5 Å². The van der Waals surface area contributed by atoms with Crippen LogP contribution >= 0.6 is 0 Å². The molecule has 2 rings (SSSR count). The van der Waals surface area contributed by atoms with Crippen molar-refractivity contribution in [2.75, 3.05) is 21.3 Å². The number of hydrogen-bond donors (Lipinski definition) is 1. The lowest BCUT2D eigenvalue weighted by atomic mass is 10.0. The zero-order valence-corrected chi connectivity index (χ0v) is 14.1. The highest BCUT2D eigenvalue weighted by Crippen LogP contribution is 2.44. The molecule has 0 saturated carbocycles. The molecule has 1 aromatic heterocycles. The van der Waals surface area contributed by atoms with Gasteiger partial charge in [0.1, 0.15) is 0 Å². The van der Waals surface area contributed by atoms with Crippen molar-refractivity contribution in [3.8, 4) is 28.5 Å². The Morgan fingerprint density at radius 1 is 1.17 bits per heavy atom. The zero-order chi connectivity index (χ0) is 18.0. The Morgan fingerprint density at radius 3 is 2.08 bits per heavy atom. The molecule has 2 aromatic rings. The smallest absolute Gasteiger partial charge is 0.257 e. The molecule has 1 N–H and O–H groups in total. The summed E-state index contributed by atoms with van der Waals surface area (Å²) in [5.74, 6) is 0.658. The first-order chi connectivity index (χ1) is 11.4. The van der Waals surface area contributed by atoms with Crippen LogP contribution in [0.15, 0.2) is 17.3 Å². The van der Waals surface area contributed by atoms with Gasteiger partial charge in [-0.25, -0.2) is 0 Å². The number of ether oxygens (including phenoxy) is 3. The van der Waals surface area contributed by atoms with Gasteiger partial charge in [0.2, 0.25) is 11.4 Å². The van der Waals surface area contributed by atoms with E-state index in [1.807, 2.05) is 0 Å². The van der Waals surface area contributed by atoms with Gasteiger partial charge in [-0.2, -0.15) is 0 Å². The Balaban J connectivity index is 2.82. The highest BCUT2D eigenvalue weighted by atomic mass is 16.6. The van der Waals surface area contributed by atoms with E-state index in [-0.39, 0.29) is 27.8 Å². The minimum absolute atomic E-state index is 0.0528. The predicted octanol–water partition coefficient (Wildman–Crippen LogP) is 2.57. The second-order valence-corrected chi connectivity index (χ2v) is 5.30. The second kappa shape index (κ2) is 6.65. The summed E-state index contributed by atoms with van der Waals surface area (Å²) in [4.78, 5) is 11.9. The fraction of sp³-hybridized carbons (Fsp3) is 0.400. The van der Waals surface area contributed by atoms with Crippen LogP contribution in [0, 0.1) is 10.1 Å². The van der Waals surface area contributed by atoms with E-state index in [1.54, 1.807) is 13.8 Å². The van der Waals surface area contributed by atoms with E-state index in [4.69, 9.17) is 14.2 Å². The van der Waals surface area contributed by atoms with Crippen LogP contribution in [0.4, 0.5) is 5.69 Å². The van der Waals surface area contributed by atoms with Gasteiger partial charge in [-0.1, -0.05) is 13.8 Å². The summed E-state index contributed by atoms with van der Waals surface area (Å²) in [6, 6.07) is 3.03. The van der Waals surface area contributed by atoms with Crippen LogP contribution in [0.2, 0.25) is 0 Å². The number of benzene rings is 1. The molecule has 9 nitrogen and oxygen atoms in total. The minimum Gasteiger partial charge on any atom is -0.593 e. The van der Waals surface area contributed by atoms with Gasteiger partial charge in [0.25, 0.3) is 5.69 Å². The molecule has 9 heteroatoms. The van der Waals surface area contributed by atoms with Crippen molar-refractivity contribution in [1.29, 1.82) is 0 Å². The number of aromatic nitrogens is 2. The summed E-state index contributed by atoms with van der Waals surface area (Å²) in [6.45, 7) is 3.44. The maximum absolute atomic E-state index is 12.2. The lowest BCUT2D eigenvalue weighted by Gasteiger charge is -2.13. The average molecular weight is 337 g/mol. The monoisotopic (exact) mass is 337 g/mol.